The highest BCUT2D eigenvalue weighted by molar-refractivity contribution is 5.78. The Kier molecular flexibility index (Phi) is 10.5. The van der Waals surface area contributed by atoms with Crippen LogP contribution in [0.1, 0.15) is 60.4 Å². The Labute approximate surface area is 330 Å². The Morgan fingerprint density at radius 3 is 2.46 bits per heavy atom. The highest BCUT2D eigenvalue weighted by Crippen LogP contribution is 2.44. The average Bonchev–Trinajstić information content (AvgIpc) is 3.39. The van der Waals surface area contributed by atoms with Crippen LogP contribution >= 0.6 is 0 Å². The average molecular weight is 753 g/mol. The SMILES string of the molecule is CCC(=O)N1CCOc2ccc(N3CC(CC(C)c4cc(-c5ccccc5C)cc5c4OCCN(C(=O)NC)C5)Cc4cc(-c5cnn(C)c5)ccc43)cc2C1. The second-order valence-corrected chi connectivity index (χ2v) is 15.6. The number of hydrogen-bond donors (Lipinski definition) is 1. The summed E-state index contributed by atoms with van der Waals surface area (Å²) >= 11 is 0. The molecule has 3 aliphatic heterocycles. The molecule has 1 N–H and O–H groups in total. The van der Waals surface area contributed by atoms with Crippen LogP contribution in [0.5, 0.6) is 11.5 Å². The van der Waals surface area contributed by atoms with Crippen LogP contribution in [0.2, 0.25) is 0 Å². The number of benzene rings is 4. The van der Waals surface area contributed by atoms with Gasteiger partial charge in [0.25, 0.3) is 0 Å². The molecule has 2 unspecified atom stereocenters. The molecule has 0 spiro atoms. The van der Waals surface area contributed by atoms with Gasteiger partial charge in [0.2, 0.25) is 5.91 Å². The molecule has 2 atom stereocenters. The molecule has 0 fully saturated rings. The fraction of sp³-hybridized carbons (Fsp3) is 0.370. The molecule has 0 bridgehead atoms. The van der Waals surface area contributed by atoms with Crippen molar-refractivity contribution in [1.29, 1.82) is 0 Å². The van der Waals surface area contributed by atoms with E-state index >= 15 is 0 Å². The summed E-state index contributed by atoms with van der Waals surface area (Å²) < 4.78 is 14.6. The monoisotopic (exact) mass is 752 g/mol. The molecule has 5 aromatic rings. The Bertz CT molecular complexity index is 2260. The Hall–Kier alpha value is -5.77. The molecule has 290 valence electrons. The van der Waals surface area contributed by atoms with Gasteiger partial charge in [-0.1, -0.05) is 44.2 Å². The summed E-state index contributed by atoms with van der Waals surface area (Å²) in [6.07, 6.45) is 6.34. The van der Waals surface area contributed by atoms with Gasteiger partial charge >= 0.3 is 6.03 Å². The number of hydrogen-bond acceptors (Lipinski definition) is 6. The number of nitrogens with zero attached hydrogens (tertiary/aromatic N) is 5. The first kappa shape index (κ1) is 37.2. The Balaban J connectivity index is 1.16. The third-order valence-electron chi connectivity index (χ3n) is 11.7. The normalized spacial score (nSPS) is 17.0. The highest BCUT2D eigenvalue weighted by atomic mass is 16.5. The van der Waals surface area contributed by atoms with Crippen molar-refractivity contribution in [3.8, 4) is 33.8 Å². The van der Waals surface area contributed by atoms with Crippen LogP contribution < -0.4 is 19.7 Å². The predicted molar refractivity (Wildman–Crippen MR) is 220 cm³/mol. The van der Waals surface area contributed by atoms with Crippen LogP contribution in [0.4, 0.5) is 16.2 Å². The molecule has 8 rings (SSSR count). The van der Waals surface area contributed by atoms with Crippen molar-refractivity contribution in [2.24, 2.45) is 13.0 Å². The van der Waals surface area contributed by atoms with Crippen molar-refractivity contribution >= 4 is 23.3 Å². The smallest absolute Gasteiger partial charge is 0.317 e. The number of aryl methyl sites for hydroxylation is 2. The van der Waals surface area contributed by atoms with Crippen LogP contribution in [0.3, 0.4) is 0 Å². The molecule has 4 heterocycles. The summed E-state index contributed by atoms with van der Waals surface area (Å²) in [6.45, 7) is 10.3. The van der Waals surface area contributed by atoms with E-state index in [2.05, 4.69) is 108 Å². The van der Waals surface area contributed by atoms with E-state index in [4.69, 9.17) is 9.47 Å². The molecule has 0 radical (unpaired) electrons. The first-order valence-corrected chi connectivity index (χ1v) is 19.9. The zero-order chi connectivity index (χ0) is 38.9. The van der Waals surface area contributed by atoms with Gasteiger partial charge in [-0.3, -0.25) is 9.48 Å². The van der Waals surface area contributed by atoms with E-state index in [1.165, 1.54) is 27.9 Å². The lowest BCUT2D eigenvalue weighted by Crippen LogP contribution is -2.38. The molecule has 0 aliphatic carbocycles. The molecule has 3 aliphatic rings. The van der Waals surface area contributed by atoms with Gasteiger partial charge in [0.05, 0.1) is 25.8 Å². The molecule has 3 amide bonds. The van der Waals surface area contributed by atoms with Gasteiger partial charge in [-0.15, -0.1) is 0 Å². The van der Waals surface area contributed by atoms with Gasteiger partial charge in [-0.2, -0.15) is 5.10 Å². The van der Waals surface area contributed by atoms with Crippen molar-refractivity contribution in [3.05, 3.63) is 113 Å². The van der Waals surface area contributed by atoms with Crippen LogP contribution in [0, 0.1) is 12.8 Å². The minimum absolute atomic E-state index is 0.0991. The van der Waals surface area contributed by atoms with E-state index < -0.39 is 0 Å². The van der Waals surface area contributed by atoms with Crippen molar-refractivity contribution < 1.29 is 19.1 Å². The standard InChI is InChI=1S/C46H52N6O4/c1-6-44(53)50-15-17-55-43-14-12-39(23-36(43)28-50)52-26-32(20-35-21-33(11-13-42(35)52)38-25-48-49(5)27-38)19-31(3)41-24-34(40-10-8-7-9-30(40)2)22-37-29-51(46(54)47-4)16-18-56-45(37)41/h7-14,21-25,27,31-32H,6,15-20,26,28-29H2,1-5H3,(H,47,54). The van der Waals surface area contributed by atoms with Gasteiger partial charge in [0.15, 0.2) is 0 Å². The molecule has 4 aromatic carbocycles. The zero-order valence-electron chi connectivity index (χ0n) is 33.2. The van der Waals surface area contributed by atoms with Crippen molar-refractivity contribution in [2.75, 3.05) is 44.8 Å². The first-order chi connectivity index (χ1) is 27.2. The number of carbonyl (C=O) groups is 2. The summed E-state index contributed by atoms with van der Waals surface area (Å²) in [5.41, 5.74) is 12.6. The van der Waals surface area contributed by atoms with Gasteiger partial charge in [0, 0.05) is 67.9 Å². The lowest BCUT2D eigenvalue weighted by molar-refractivity contribution is -0.131. The predicted octanol–water partition coefficient (Wildman–Crippen LogP) is 8.23. The van der Waals surface area contributed by atoms with Gasteiger partial charge in [0.1, 0.15) is 24.7 Å². The third-order valence-corrected chi connectivity index (χ3v) is 11.7. The second kappa shape index (κ2) is 15.8. The molecule has 10 nitrogen and oxygen atoms in total. The van der Waals surface area contributed by atoms with E-state index in [1.807, 2.05) is 34.6 Å². The lowest BCUT2D eigenvalue weighted by Gasteiger charge is -2.38. The molecule has 1 aromatic heterocycles. The fourth-order valence-corrected chi connectivity index (χ4v) is 8.81. The van der Waals surface area contributed by atoms with E-state index in [0.717, 1.165) is 64.4 Å². The number of rotatable bonds is 7. The largest absolute Gasteiger partial charge is 0.491 e. The molecular formula is C46H52N6O4. The van der Waals surface area contributed by atoms with Crippen LogP contribution in [0.25, 0.3) is 22.3 Å². The van der Waals surface area contributed by atoms with E-state index in [9.17, 15) is 9.59 Å². The minimum atomic E-state index is -0.0991. The maximum atomic E-state index is 12.9. The van der Waals surface area contributed by atoms with E-state index in [-0.39, 0.29) is 17.9 Å². The topological polar surface area (TPSA) is 92.2 Å². The highest BCUT2D eigenvalue weighted by Gasteiger charge is 2.31. The third kappa shape index (κ3) is 7.44. The number of urea groups is 1. The quantitative estimate of drug-likeness (QED) is 0.180. The molecule has 0 saturated heterocycles. The maximum Gasteiger partial charge on any atom is 0.317 e. The molecule has 0 saturated carbocycles. The minimum Gasteiger partial charge on any atom is -0.491 e. The van der Waals surface area contributed by atoms with Gasteiger partial charge in [-0.25, -0.2) is 4.79 Å². The molecular weight excluding hydrogens is 701 g/mol. The second-order valence-electron chi connectivity index (χ2n) is 15.6. The number of amides is 3. The number of anilines is 2. The van der Waals surface area contributed by atoms with Crippen LogP contribution in [-0.4, -0.2) is 71.4 Å². The van der Waals surface area contributed by atoms with E-state index in [1.54, 1.807) is 7.05 Å². The number of carbonyl (C=O) groups excluding carboxylic acids is 2. The van der Waals surface area contributed by atoms with Crippen molar-refractivity contribution in [3.63, 3.8) is 0 Å². The van der Waals surface area contributed by atoms with Crippen LogP contribution in [-0.2, 0) is 31.4 Å². The summed E-state index contributed by atoms with van der Waals surface area (Å²) in [6, 6.07) is 26.2. The maximum absolute atomic E-state index is 12.9. The van der Waals surface area contributed by atoms with E-state index in [0.29, 0.717) is 51.7 Å². The summed E-state index contributed by atoms with van der Waals surface area (Å²) in [5.74, 6) is 2.38. The first-order valence-electron chi connectivity index (χ1n) is 19.9. The Morgan fingerprint density at radius 1 is 0.893 bits per heavy atom. The lowest BCUT2D eigenvalue weighted by atomic mass is 9.81. The number of aromatic nitrogens is 2. The number of nitrogens with one attached hydrogen (secondary N) is 1. The fourth-order valence-electron chi connectivity index (χ4n) is 8.81. The molecule has 10 heteroatoms. The Morgan fingerprint density at radius 2 is 1.68 bits per heavy atom. The molecule has 56 heavy (non-hydrogen) atoms. The summed E-state index contributed by atoms with van der Waals surface area (Å²) in [5, 5.41) is 7.26. The van der Waals surface area contributed by atoms with Gasteiger partial charge < -0.3 is 29.5 Å². The summed E-state index contributed by atoms with van der Waals surface area (Å²) in [7, 11) is 3.63. The number of fused-ring (bicyclic) bond motifs is 3. The van der Waals surface area contributed by atoms with Gasteiger partial charge in [-0.05, 0) is 107 Å². The number of ether oxygens (including phenoxy) is 2. The summed E-state index contributed by atoms with van der Waals surface area (Å²) in [4.78, 5) is 31.9. The van der Waals surface area contributed by atoms with Crippen molar-refractivity contribution in [2.45, 2.75) is 59.0 Å². The zero-order valence-corrected chi connectivity index (χ0v) is 33.2. The van der Waals surface area contributed by atoms with Crippen LogP contribution in [0.15, 0.2) is 85.2 Å². The van der Waals surface area contributed by atoms with Crippen molar-refractivity contribution in [1.82, 2.24) is 24.9 Å².